The van der Waals surface area contributed by atoms with Gasteiger partial charge in [0.1, 0.15) is 0 Å². The highest BCUT2D eigenvalue weighted by molar-refractivity contribution is 6.35. The number of anilines is 1. The van der Waals surface area contributed by atoms with Crippen molar-refractivity contribution < 1.29 is 14.6 Å². The summed E-state index contributed by atoms with van der Waals surface area (Å²) in [6.45, 7) is 4.33. The second kappa shape index (κ2) is 11.5. The Balaban J connectivity index is 1.19. The van der Waals surface area contributed by atoms with Gasteiger partial charge in [0.05, 0.1) is 18.1 Å². The van der Waals surface area contributed by atoms with E-state index < -0.39 is 5.97 Å². The van der Waals surface area contributed by atoms with Crippen molar-refractivity contribution in [3.8, 4) is 22.9 Å². The molecule has 2 N–H and O–H groups in total. The Labute approximate surface area is 243 Å². The number of aliphatic carboxylic acids is 1. The summed E-state index contributed by atoms with van der Waals surface area (Å²) in [5.41, 5.74) is 2.52. The van der Waals surface area contributed by atoms with Gasteiger partial charge in [0.15, 0.2) is 5.75 Å². The van der Waals surface area contributed by atoms with Crippen molar-refractivity contribution in [3.63, 3.8) is 0 Å². The number of fused-ring (bicyclic) bond motifs is 1. The molecule has 2 atom stereocenters. The van der Waals surface area contributed by atoms with Crippen LogP contribution in [-0.2, 0) is 11.3 Å². The van der Waals surface area contributed by atoms with E-state index in [4.69, 9.17) is 38.0 Å². The van der Waals surface area contributed by atoms with Crippen molar-refractivity contribution in [3.05, 3.63) is 58.3 Å². The van der Waals surface area contributed by atoms with Crippen LogP contribution in [0.4, 0.5) is 5.95 Å². The van der Waals surface area contributed by atoms with Crippen LogP contribution in [0, 0.1) is 17.8 Å². The third-order valence-corrected chi connectivity index (χ3v) is 8.68. The van der Waals surface area contributed by atoms with E-state index in [9.17, 15) is 4.79 Å². The fourth-order valence-electron chi connectivity index (χ4n) is 6.17. The minimum Gasteiger partial charge on any atom is -0.481 e. The van der Waals surface area contributed by atoms with Crippen molar-refractivity contribution in [2.24, 2.45) is 17.8 Å². The number of carboxylic acids is 1. The van der Waals surface area contributed by atoms with E-state index in [1.807, 2.05) is 31.3 Å². The summed E-state index contributed by atoms with van der Waals surface area (Å²) in [6, 6.07) is 9.93. The van der Waals surface area contributed by atoms with Gasteiger partial charge in [0.2, 0.25) is 11.8 Å². The SMILES string of the molecule is CNC1C2CN(c3ncc(Oc4cc(CN5CCC(CC(=O)O)CC5)cc(-c5cc(Cl)cc(Cl)c5)n4)cn3)CC21. The number of halogens is 2. The first-order valence-corrected chi connectivity index (χ1v) is 14.4. The maximum absolute atomic E-state index is 11.1. The number of nitrogens with zero attached hydrogens (tertiary/aromatic N) is 5. The summed E-state index contributed by atoms with van der Waals surface area (Å²) in [6.07, 6.45) is 5.36. The van der Waals surface area contributed by atoms with Gasteiger partial charge in [-0.1, -0.05) is 23.2 Å². The van der Waals surface area contributed by atoms with Crippen LogP contribution in [0.5, 0.6) is 11.6 Å². The van der Waals surface area contributed by atoms with E-state index in [0.29, 0.717) is 51.8 Å². The monoisotopic (exact) mass is 582 g/mol. The lowest BCUT2D eigenvalue weighted by molar-refractivity contribution is -0.138. The number of nitrogens with one attached hydrogen (secondary N) is 1. The number of piperidine rings is 2. The number of carbonyl (C=O) groups is 1. The molecule has 4 heterocycles. The highest BCUT2D eigenvalue weighted by Crippen LogP contribution is 2.46. The molecule has 9 nitrogen and oxygen atoms in total. The molecule has 0 spiro atoms. The van der Waals surface area contributed by atoms with Crippen LogP contribution < -0.4 is 15.0 Å². The van der Waals surface area contributed by atoms with E-state index in [-0.39, 0.29) is 12.3 Å². The van der Waals surface area contributed by atoms with Gasteiger partial charge in [-0.25, -0.2) is 15.0 Å². The van der Waals surface area contributed by atoms with Gasteiger partial charge in [-0.3, -0.25) is 9.69 Å². The normalized spacial score (nSPS) is 22.8. The number of likely N-dealkylation sites (tertiary alicyclic amines) is 1. The van der Waals surface area contributed by atoms with Crippen LogP contribution >= 0.6 is 23.2 Å². The molecule has 1 aliphatic carbocycles. The highest BCUT2D eigenvalue weighted by Gasteiger charge is 2.55. The summed E-state index contributed by atoms with van der Waals surface area (Å²) in [4.78, 5) is 29.6. The smallest absolute Gasteiger partial charge is 0.303 e. The minimum atomic E-state index is -0.726. The van der Waals surface area contributed by atoms with Gasteiger partial charge in [-0.05, 0) is 80.6 Å². The van der Waals surface area contributed by atoms with Crippen molar-refractivity contribution >= 4 is 35.1 Å². The highest BCUT2D eigenvalue weighted by atomic mass is 35.5. The average Bonchev–Trinajstić information content (AvgIpc) is 3.39. The number of ether oxygens (including phenoxy) is 1. The van der Waals surface area contributed by atoms with Gasteiger partial charge in [0, 0.05) is 53.8 Å². The van der Waals surface area contributed by atoms with Crippen molar-refractivity contribution in [2.75, 3.05) is 38.1 Å². The maximum Gasteiger partial charge on any atom is 0.303 e. The van der Waals surface area contributed by atoms with Gasteiger partial charge < -0.3 is 20.1 Å². The van der Waals surface area contributed by atoms with E-state index >= 15 is 0 Å². The topological polar surface area (TPSA) is 104 Å². The fourth-order valence-corrected chi connectivity index (χ4v) is 6.70. The number of aromatic nitrogens is 3. The van der Waals surface area contributed by atoms with Gasteiger partial charge in [0.25, 0.3) is 0 Å². The molecule has 1 aromatic carbocycles. The van der Waals surface area contributed by atoms with Gasteiger partial charge in [-0.15, -0.1) is 0 Å². The average molecular weight is 584 g/mol. The second-order valence-corrected chi connectivity index (χ2v) is 11.9. The van der Waals surface area contributed by atoms with Crippen LogP contribution in [0.2, 0.25) is 10.0 Å². The number of rotatable bonds is 9. The quantitative estimate of drug-likeness (QED) is 0.361. The summed E-state index contributed by atoms with van der Waals surface area (Å²) in [7, 11) is 2.02. The molecule has 3 fully saturated rings. The molecule has 40 heavy (non-hydrogen) atoms. The molecule has 2 saturated heterocycles. The zero-order chi connectivity index (χ0) is 27.8. The van der Waals surface area contributed by atoms with Gasteiger partial charge >= 0.3 is 5.97 Å². The molecule has 11 heteroatoms. The lowest BCUT2D eigenvalue weighted by atomic mass is 9.93. The predicted molar refractivity (Wildman–Crippen MR) is 154 cm³/mol. The summed E-state index contributed by atoms with van der Waals surface area (Å²) in [5, 5.41) is 13.6. The summed E-state index contributed by atoms with van der Waals surface area (Å²) < 4.78 is 6.16. The molecule has 6 rings (SSSR count). The molecular formula is C29H32Cl2N6O3. The molecule has 0 bridgehead atoms. The number of hydrogen-bond donors (Lipinski definition) is 2. The Bertz CT molecular complexity index is 1350. The Morgan fingerprint density at radius 2 is 1.73 bits per heavy atom. The molecular weight excluding hydrogens is 551 g/mol. The molecule has 2 aliphatic heterocycles. The number of benzene rings is 1. The molecule has 0 radical (unpaired) electrons. The predicted octanol–water partition coefficient (Wildman–Crippen LogP) is 4.98. The van der Waals surface area contributed by atoms with Gasteiger partial charge in [-0.2, -0.15) is 0 Å². The van der Waals surface area contributed by atoms with Crippen LogP contribution in [-0.4, -0.2) is 70.2 Å². The molecule has 1 saturated carbocycles. The molecule has 2 unspecified atom stereocenters. The Morgan fingerprint density at radius 1 is 1.05 bits per heavy atom. The van der Waals surface area contributed by atoms with Crippen molar-refractivity contribution in [1.29, 1.82) is 0 Å². The standard InChI is InChI=1S/C29H32Cl2N6O3/c1-32-28-23-15-37(16-24(23)28)29-33-12-22(13-34-29)40-26-7-18(14-36-4-2-17(3-5-36)8-27(38)39)6-25(35-26)19-9-20(30)11-21(31)10-19/h6-7,9-13,17,23-24,28,32H,2-5,8,14-16H2,1H3,(H,38,39). The molecule has 3 aliphatic rings. The third kappa shape index (κ3) is 6.17. The fraction of sp³-hybridized carbons (Fsp3) is 0.448. The third-order valence-electron chi connectivity index (χ3n) is 8.24. The Hall–Kier alpha value is -2.98. The van der Waals surface area contributed by atoms with Crippen molar-refractivity contribution in [1.82, 2.24) is 25.2 Å². The zero-order valence-corrected chi connectivity index (χ0v) is 23.8. The van der Waals surface area contributed by atoms with Crippen molar-refractivity contribution in [2.45, 2.75) is 31.8 Å². The largest absolute Gasteiger partial charge is 0.481 e. The van der Waals surface area contributed by atoms with E-state index in [1.54, 1.807) is 18.5 Å². The van der Waals surface area contributed by atoms with E-state index in [0.717, 1.165) is 56.1 Å². The number of carboxylic acid groups (broad SMARTS) is 1. The van der Waals surface area contributed by atoms with Crippen LogP contribution in [0.3, 0.4) is 0 Å². The first-order valence-electron chi connectivity index (χ1n) is 13.7. The molecule has 2 aromatic heterocycles. The number of pyridine rings is 1. The second-order valence-electron chi connectivity index (χ2n) is 11.0. The summed E-state index contributed by atoms with van der Waals surface area (Å²) in [5.74, 6) is 2.52. The summed E-state index contributed by atoms with van der Waals surface area (Å²) >= 11 is 12.6. The Morgan fingerprint density at radius 3 is 2.35 bits per heavy atom. The van der Waals surface area contributed by atoms with E-state index in [1.165, 1.54) is 0 Å². The lowest BCUT2D eigenvalue weighted by Crippen LogP contribution is -2.33. The maximum atomic E-state index is 11.1. The molecule has 3 aromatic rings. The van der Waals surface area contributed by atoms with Crippen LogP contribution in [0.15, 0.2) is 42.7 Å². The minimum absolute atomic E-state index is 0.230. The lowest BCUT2D eigenvalue weighted by Gasteiger charge is -2.31. The number of hydrogen-bond acceptors (Lipinski definition) is 8. The van der Waals surface area contributed by atoms with Crippen LogP contribution in [0.25, 0.3) is 11.3 Å². The van der Waals surface area contributed by atoms with Crippen LogP contribution in [0.1, 0.15) is 24.8 Å². The first-order chi connectivity index (χ1) is 19.3. The zero-order valence-electron chi connectivity index (χ0n) is 22.3. The molecule has 0 amide bonds. The first kappa shape index (κ1) is 27.2. The Kier molecular flexibility index (Phi) is 7.81. The van der Waals surface area contributed by atoms with E-state index in [2.05, 4.69) is 25.1 Å². The molecule has 210 valence electrons.